The second-order valence-corrected chi connectivity index (χ2v) is 4.58. The highest BCUT2D eigenvalue weighted by molar-refractivity contribution is 5.83. The van der Waals surface area contributed by atoms with Crippen molar-refractivity contribution in [2.45, 2.75) is 19.4 Å². The van der Waals surface area contributed by atoms with Gasteiger partial charge in [-0.2, -0.15) is 4.98 Å². The standard InChI is InChI=1S/C15H14N2O2/c1-10(18)15-16-14(19-17-15)9-11-6-7-12-4-2-3-5-13(12)8-11/h2-8,10,18H,9H2,1H3. The molecule has 19 heavy (non-hydrogen) atoms. The third kappa shape index (κ3) is 2.48. The Morgan fingerprint density at radius 2 is 1.95 bits per heavy atom. The Morgan fingerprint density at radius 3 is 2.68 bits per heavy atom. The molecule has 1 aromatic heterocycles. The van der Waals surface area contributed by atoms with Crippen molar-refractivity contribution >= 4 is 10.8 Å². The second-order valence-electron chi connectivity index (χ2n) is 4.58. The molecule has 96 valence electrons. The topological polar surface area (TPSA) is 59.2 Å². The number of fused-ring (bicyclic) bond motifs is 1. The molecule has 0 spiro atoms. The molecular weight excluding hydrogens is 240 g/mol. The molecule has 0 saturated carbocycles. The summed E-state index contributed by atoms with van der Waals surface area (Å²) in [7, 11) is 0. The minimum absolute atomic E-state index is 0.329. The number of nitrogens with zero attached hydrogens (tertiary/aromatic N) is 2. The predicted molar refractivity (Wildman–Crippen MR) is 71.7 cm³/mol. The first-order valence-electron chi connectivity index (χ1n) is 6.20. The van der Waals surface area contributed by atoms with Gasteiger partial charge in [-0.15, -0.1) is 0 Å². The van der Waals surface area contributed by atoms with Gasteiger partial charge in [0.15, 0.2) is 5.82 Å². The van der Waals surface area contributed by atoms with Crippen molar-refractivity contribution in [1.29, 1.82) is 0 Å². The Hall–Kier alpha value is -2.20. The maximum Gasteiger partial charge on any atom is 0.231 e. The van der Waals surface area contributed by atoms with Crippen LogP contribution in [0.2, 0.25) is 0 Å². The lowest BCUT2D eigenvalue weighted by atomic mass is 10.1. The quantitative estimate of drug-likeness (QED) is 0.780. The lowest BCUT2D eigenvalue weighted by Crippen LogP contribution is -1.94. The van der Waals surface area contributed by atoms with E-state index in [0.29, 0.717) is 18.1 Å². The Balaban J connectivity index is 1.87. The Kier molecular flexibility index (Phi) is 3.01. The van der Waals surface area contributed by atoms with Gasteiger partial charge < -0.3 is 9.63 Å². The van der Waals surface area contributed by atoms with E-state index in [9.17, 15) is 5.11 Å². The molecule has 0 bridgehead atoms. The number of hydrogen-bond donors (Lipinski definition) is 1. The van der Waals surface area contributed by atoms with E-state index in [0.717, 1.165) is 5.56 Å². The van der Waals surface area contributed by atoms with Crippen LogP contribution < -0.4 is 0 Å². The first kappa shape index (κ1) is 11.9. The molecule has 0 aliphatic rings. The van der Waals surface area contributed by atoms with E-state index in [1.165, 1.54) is 10.8 Å². The molecule has 3 aromatic rings. The van der Waals surface area contributed by atoms with Crippen LogP contribution >= 0.6 is 0 Å². The number of rotatable bonds is 3. The Labute approximate surface area is 110 Å². The van der Waals surface area contributed by atoms with Crippen molar-refractivity contribution < 1.29 is 9.63 Å². The summed E-state index contributed by atoms with van der Waals surface area (Å²) in [4.78, 5) is 4.16. The van der Waals surface area contributed by atoms with Crippen molar-refractivity contribution in [3.05, 3.63) is 59.7 Å². The third-order valence-corrected chi connectivity index (χ3v) is 3.03. The van der Waals surface area contributed by atoms with E-state index >= 15 is 0 Å². The fourth-order valence-corrected chi connectivity index (χ4v) is 2.03. The number of benzene rings is 2. The molecule has 0 amide bonds. The van der Waals surface area contributed by atoms with E-state index in [-0.39, 0.29) is 0 Å². The van der Waals surface area contributed by atoms with Gasteiger partial charge in [0.1, 0.15) is 6.10 Å². The van der Waals surface area contributed by atoms with Crippen LogP contribution in [-0.2, 0) is 6.42 Å². The minimum atomic E-state index is -0.700. The van der Waals surface area contributed by atoms with Crippen LogP contribution in [0.1, 0.15) is 30.3 Å². The SMILES string of the molecule is CC(O)c1noc(Cc2ccc3ccccc3c2)n1. The molecular formula is C15H14N2O2. The van der Waals surface area contributed by atoms with Crippen LogP contribution in [0.15, 0.2) is 47.0 Å². The van der Waals surface area contributed by atoms with Gasteiger partial charge >= 0.3 is 0 Å². The first-order valence-corrected chi connectivity index (χ1v) is 6.20. The smallest absolute Gasteiger partial charge is 0.231 e. The van der Waals surface area contributed by atoms with Gasteiger partial charge in [0.25, 0.3) is 0 Å². The van der Waals surface area contributed by atoms with E-state index in [2.05, 4.69) is 40.5 Å². The van der Waals surface area contributed by atoms with E-state index in [1.807, 2.05) is 12.1 Å². The van der Waals surface area contributed by atoms with Gasteiger partial charge in [-0.3, -0.25) is 0 Å². The number of aliphatic hydroxyl groups is 1. The molecule has 1 N–H and O–H groups in total. The van der Waals surface area contributed by atoms with Crippen molar-refractivity contribution in [2.24, 2.45) is 0 Å². The van der Waals surface area contributed by atoms with Gasteiger partial charge in [0, 0.05) is 0 Å². The van der Waals surface area contributed by atoms with Gasteiger partial charge in [-0.25, -0.2) is 0 Å². The monoisotopic (exact) mass is 254 g/mol. The largest absolute Gasteiger partial charge is 0.385 e. The Morgan fingerprint density at radius 1 is 1.16 bits per heavy atom. The summed E-state index contributed by atoms with van der Waals surface area (Å²) in [5.74, 6) is 0.849. The van der Waals surface area contributed by atoms with Crippen LogP contribution in [0.5, 0.6) is 0 Å². The van der Waals surface area contributed by atoms with E-state index in [1.54, 1.807) is 6.92 Å². The molecule has 0 fully saturated rings. The fraction of sp³-hybridized carbons (Fsp3) is 0.200. The second kappa shape index (κ2) is 4.82. The zero-order chi connectivity index (χ0) is 13.2. The van der Waals surface area contributed by atoms with Gasteiger partial charge in [-0.05, 0) is 23.3 Å². The minimum Gasteiger partial charge on any atom is -0.385 e. The molecule has 1 heterocycles. The lowest BCUT2D eigenvalue weighted by molar-refractivity contribution is 0.184. The maximum atomic E-state index is 9.36. The van der Waals surface area contributed by atoms with E-state index < -0.39 is 6.10 Å². The number of aliphatic hydroxyl groups excluding tert-OH is 1. The molecule has 0 aliphatic carbocycles. The van der Waals surface area contributed by atoms with Gasteiger partial charge in [0.05, 0.1) is 6.42 Å². The average molecular weight is 254 g/mol. The van der Waals surface area contributed by atoms with Gasteiger partial charge in [0.2, 0.25) is 5.89 Å². The number of aromatic nitrogens is 2. The third-order valence-electron chi connectivity index (χ3n) is 3.03. The molecule has 0 saturated heterocycles. The normalized spacial score (nSPS) is 12.7. The average Bonchev–Trinajstić information content (AvgIpc) is 2.87. The van der Waals surface area contributed by atoms with Gasteiger partial charge in [-0.1, -0.05) is 47.6 Å². The van der Waals surface area contributed by atoms with Crippen LogP contribution in [-0.4, -0.2) is 15.2 Å². The van der Waals surface area contributed by atoms with Crippen LogP contribution in [0.3, 0.4) is 0 Å². The summed E-state index contributed by atoms with van der Waals surface area (Å²) in [6, 6.07) is 14.4. The highest BCUT2D eigenvalue weighted by atomic mass is 16.5. The molecule has 0 aliphatic heterocycles. The predicted octanol–water partition coefficient (Wildman–Crippen LogP) is 2.87. The van der Waals surface area contributed by atoms with Crippen LogP contribution in [0.4, 0.5) is 0 Å². The summed E-state index contributed by atoms with van der Waals surface area (Å²) in [5.41, 5.74) is 1.11. The fourth-order valence-electron chi connectivity index (χ4n) is 2.03. The molecule has 1 atom stereocenters. The van der Waals surface area contributed by atoms with Crippen LogP contribution in [0.25, 0.3) is 10.8 Å². The lowest BCUT2D eigenvalue weighted by Gasteiger charge is -2.00. The summed E-state index contributed by atoms with van der Waals surface area (Å²) in [6.45, 7) is 1.62. The molecule has 2 aromatic carbocycles. The maximum absolute atomic E-state index is 9.36. The summed E-state index contributed by atoms with van der Waals surface area (Å²) >= 11 is 0. The number of hydrogen-bond acceptors (Lipinski definition) is 4. The summed E-state index contributed by atoms with van der Waals surface area (Å²) in [6.07, 6.45) is -0.126. The zero-order valence-corrected chi connectivity index (χ0v) is 10.6. The highest BCUT2D eigenvalue weighted by Gasteiger charge is 2.11. The first-order chi connectivity index (χ1) is 9.22. The highest BCUT2D eigenvalue weighted by Crippen LogP contribution is 2.18. The summed E-state index contributed by atoms with van der Waals surface area (Å²) < 4.78 is 5.12. The summed E-state index contributed by atoms with van der Waals surface area (Å²) in [5, 5.41) is 15.5. The molecule has 1 unspecified atom stereocenters. The zero-order valence-electron chi connectivity index (χ0n) is 10.6. The molecule has 4 nitrogen and oxygen atoms in total. The van der Waals surface area contributed by atoms with Crippen molar-refractivity contribution in [1.82, 2.24) is 10.1 Å². The molecule has 0 radical (unpaired) electrons. The Bertz CT molecular complexity index is 704. The van der Waals surface area contributed by atoms with Crippen molar-refractivity contribution in [3.63, 3.8) is 0 Å². The van der Waals surface area contributed by atoms with Crippen molar-refractivity contribution in [3.8, 4) is 0 Å². The van der Waals surface area contributed by atoms with E-state index in [4.69, 9.17) is 4.52 Å². The molecule has 4 heteroatoms. The van der Waals surface area contributed by atoms with Crippen LogP contribution in [0, 0.1) is 0 Å². The molecule has 3 rings (SSSR count). The van der Waals surface area contributed by atoms with Crippen molar-refractivity contribution in [2.75, 3.05) is 0 Å².